The van der Waals surface area contributed by atoms with E-state index in [-0.39, 0.29) is 11.5 Å². The Labute approximate surface area is 205 Å². The van der Waals surface area contributed by atoms with E-state index < -0.39 is 5.97 Å². The molecule has 1 heterocycles. The van der Waals surface area contributed by atoms with Gasteiger partial charge in [0.1, 0.15) is 18.1 Å². The van der Waals surface area contributed by atoms with Crippen LogP contribution in [0.15, 0.2) is 95.7 Å². The molecule has 1 amide bonds. The fourth-order valence-electron chi connectivity index (χ4n) is 3.93. The average Bonchev–Trinajstić information content (AvgIpc) is 3.12. The number of hydrogen-bond acceptors (Lipinski definition) is 5. The van der Waals surface area contributed by atoms with Crippen LogP contribution in [0.3, 0.4) is 0 Å². The molecule has 0 N–H and O–H groups in total. The first-order valence-corrected chi connectivity index (χ1v) is 11.2. The van der Waals surface area contributed by atoms with Crippen molar-refractivity contribution in [3.63, 3.8) is 0 Å². The lowest BCUT2D eigenvalue weighted by Gasteiger charge is -2.18. The summed E-state index contributed by atoms with van der Waals surface area (Å²) in [5.74, 6) is 0.605. The third-order valence-corrected chi connectivity index (χ3v) is 5.82. The van der Waals surface area contributed by atoms with Gasteiger partial charge in [-0.3, -0.25) is 4.79 Å². The van der Waals surface area contributed by atoms with E-state index in [1.165, 1.54) is 7.11 Å². The predicted molar refractivity (Wildman–Crippen MR) is 133 cm³/mol. The summed E-state index contributed by atoms with van der Waals surface area (Å²) in [6, 6.07) is 24.8. The van der Waals surface area contributed by atoms with Crippen LogP contribution in [0.4, 0.5) is 0 Å². The zero-order valence-electron chi connectivity index (χ0n) is 20.0. The predicted octanol–water partition coefficient (Wildman–Crippen LogP) is 5.15. The molecule has 3 aromatic rings. The second-order valence-corrected chi connectivity index (χ2v) is 8.10. The van der Waals surface area contributed by atoms with Crippen LogP contribution in [0, 0.1) is 0 Å². The summed E-state index contributed by atoms with van der Waals surface area (Å²) in [4.78, 5) is 27.7. The molecule has 0 radical (unpaired) electrons. The smallest absolute Gasteiger partial charge is 0.340 e. The molecule has 0 saturated carbocycles. The zero-order chi connectivity index (χ0) is 24.8. The second-order valence-electron chi connectivity index (χ2n) is 8.10. The number of methoxy groups -OCH3 is 2. The van der Waals surface area contributed by atoms with Crippen LogP contribution in [0.25, 0.3) is 6.08 Å². The minimum atomic E-state index is -0.546. The van der Waals surface area contributed by atoms with Gasteiger partial charge in [0.25, 0.3) is 5.91 Å². The lowest BCUT2D eigenvalue weighted by atomic mass is 10.0. The second kappa shape index (κ2) is 10.7. The van der Waals surface area contributed by atoms with E-state index in [9.17, 15) is 9.59 Å². The molecular formula is C29H27NO5. The number of amides is 1. The molecule has 6 nitrogen and oxygen atoms in total. The molecular weight excluding hydrogens is 442 g/mol. The number of allylic oxidation sites excluding steroid dienone is 1. The molecule has 35 heavy (non-hydrogen) atoms. The van der Waals surface area contributed by atoms with Gasteiger partial charge >= 0.3 is 5.97 Å². The summed E-state index contributed by atoms with van der Waals surface area (Å²) in [7, 11) is 2.92. The Balaban J connectivity index is 1.60. The van der Waals surface area contributed by atoms with Crippen LogP contribution >= 0.6 is 0 Å². The molecule has 0 atom stereocenters. The Morgan fingerprint density at radius 2 is 1.63 bits per heavy atom. The van der Waals surface area contributed by atoms with Gasteiger partial charge in [-0.15, -0.1) is 0 Å². The molecule has 1 aliphatic rings. The molecule has 0 unspecified atom stereocenters. The number of nitrogens with zero attached hydrogens (tertiary/aromatic N) is 1. The molecule has 0 aromatic heterocycles. The summed E-state index contributed by atoms with van der Waals surface area (Å²) in [5, 5.41) is 0. The van der Waals surface area contributed by atoms with Crippen molar-refractivity contribution in [2.45, 2.75) is 20.1 Å². The van der Waals surface area contributed by atoms with Gasteiger partial charge in [0, 0.05) is 5.70 Å². The maximum absolute atomic E-state index is 13.4. The van der Waals surface area contributed by atoms with E-state index in [4.69, 9.17) is 14.2 Å². The highest BCUT2D eigenvalue weighted by molar-refractivity contribution is 6.16. The SMILES string of the molecule is COC(=O)C1=C(C)N(Cc2ccc(OC)cc2)C(=O)/C1=C\c1cccc(OCc2ccccc2)c1. The Morgan fingerprint density at radius 1 is 0.886 bits per heavy atom. The maximum Gasteiger partial charge on any atom is 0.340 e. The van der Waals surface area contributed by atoms with Gasteiger partial charge in [-0.2, -0.15) is 0 Å². The summed E-state index contributed by atoms with van der Waals surface area (Å²) >= 11 is 0. The van der Waals surface area contributed by atoms with Crippen LogP contribution in [0.5, 0.6) is 11.5 Å². The van der Waals surface area contributed by atoms with Crippen molar-refractivity contribution in [3.8, 4) is 11.5 Å². The monoisotopic (exact) mass is 469 g/mol. The van der Waals surface area contributed by atoms with Gasteiger partial charge in [0.15, 0.2) is 0 Å². The van der Waals surface area contributed by atoms with Crippen LogP contribution in [0.1, 0.15) is 23.6 Å². The molecule has 0 bridgehead atoms. The van der Waals surface area contributed by atoms with Crippen LogP contribution in [0.2, 0.25) is 0 Å². The van der Waals surface area contributed by atoms with E-state index in [0.717, 1.165) is 22.4 Å². The van der Waals surface area contributed by atoms with E-state index >= 15 is 0 Å². The first kappa shape index (κ1) is 23.8. The van der Waals surface area contributed by atoms with Crippen molar-refractivity contribution in [2.24, 2.45) is 0 Å². The Hall–Kier alpha value is -4.32. The van der Waals surface area contributed by atoms with Crippen molar-refractivity contribution in [1.82, 2.24) is 4.90 Å². The molecule has 4 rings (SSSR count). The van der Waals surface area contributed by atoms with Crippen LogP contribution in [-0.4, -0.2) is 31.0 Å². The molecule has 6 heteroatoms. The Bertz CT molecular complexity index is 1280. The van der Waals surface area contributed by atoms with Gasteiger partial charge in [-0.05, 0) is 54.0 Å². The van der Waals surface area contributed by atoms with Gasteiger partial charge in [0.2, 0.25) is 0 Å². The molecule has 0 spiro atoms. The highest BCUT2D eigenvalue weighted by Crippen LogP contribution is 2.33. The number of hydrogen-bond donors (Lipinski definition) is 0. The lowest BCUT2D eigenvalue weighted by Crippen LogP contribution is -2.24. The quantitative estimate of drug-likeness (QED) is 0.337. The van der Waals surface area contributed by atoms with Gasteiger partial charge in [-0.1, -0.05) is 54.6 Å². The topological polar surface area (TPSA) is 65.1 Å². The zero-order valence-corrected chi connectivity index (χ0v) is 20.0. The van der Waals surface area contributed by atoms with Crippen molar-refractivity contribution in [1.29, 1.82) is 0 Å². The minimum absolute atomic E-state index is 0.255. The lowest BCUT2D eigenvalue weighted by molar-refractivity contribution is -0.136. The normalized spacial score (nSPS) is 14.4. The molecule has 1 aliphatic heterocycles. The van der Waals surface area contributed by atoms with Crippen LogP contribution in [-0.2, 0) is 27.5 Å². The number of esters is 1. The van der Waals surface area contributed by atoms with E-state index in [2.05, 4.69) is 0 Å². The number of rotatable bonds is 8. The summed E-state index contributed by atoms with van der Waals surface area (Å²) < 4.78 is 16.1. The Kier molecular flexibility index (Phi) is 7.31. The fourth-order valence-corrected chi connectivity index (χ4v) is 3.93. The molecule has 0 fully saturated rings. The minimum Gasteiger partial charge on any atom is -0.497 e. The van der Waals surface area contributed by atoms with Gasteiger partial charge < -0.3 is 19.1 Å². The average molecular weight is 470 g/mol. The van der Waals surface area contributed by atoms with Gasteiger partial charge in [0.05, 0.1) is 31.9 Å². The molecule has 0 aliphatic carbocycles. The van der Waals surface area contributed by atoms with Crippen molar-refractivity contribution in [2.75, 3.05) is 14.2 Å². The standard InChI is InChI=1S/C29H27NO5/c1-20-27(29(32)34-3)26(28(31)30(20)18-21-12-14-24(33-2)15-13-21)17-23-10-7-11-25(16-23)35-19-22-8-5-4-6-9-22/h4-17H,18-19H2,1-3H3/b26-17-. The summed E-state index contributed by atoms with van der Waals surface area (Å²) in [6.07, 6.45) is 1.71. The van der Waals surface area contributed by atoms with Crippen molar-refractivity contribution < 1.29 is 23.8 Å². The largest absolute Gasteiger partial charge is 0.497 e. The van der Waals surface area contributed by atoms with Crippen LogP contribution < -0.4 is 9.47 Å². The first-order valence-electron chi connectivity index (χ1n) is 11.2. The third kappa shape index (κ3) is 5.44. The summed E-state index contributed by atoms with van der Waals surface area (Å²) in [5.41, 5.74) is 3.84. The number of carbonyl (C=O) groups excluding carboxylic acids is 2. The molecule has 0 saturated heterocycles. The Morgan fingerprint density at radius 3 is 2.31 bits per heavy atom. The molecule has 178 valence electrons. The first-order chi connectivity index (χ1) is 17.0. The van der Waals surface area contributed by atoms with Gasteiger partial charge in [-0.25, -0.2) is 4.79 Å². The highest BCUT2D eigenvalue weighted by atomic mass is 16.5. The van der Waals surface area contributed by atoms with E-state index in [0.29, 0.717) is 30.2 Å². The fraction of sp³-hybridized carbons (Fsp3) is 0.172. The van der Waals surface area contributed by atoms with E-state index in [1.807, 2.05) is 78.9 Å². The van der Waals surface area contributed by atoms with Crippen molar-refractivity contribution in [3.05, 3.63) is 112 Å². The number of benzene rings is 3. The highest BCUT2D eigenvalue weighted by Gasteiger charge is 2.37. The summed E-state index contributed by atoms with van der Waals surface area (Å²) in [6.45, 7) is 2.52. The number of ether oxygens (including phenoxy) is 3. The van der Waals surface area contributed by atoms with Crippen molar-refractivity contribution >= 4 is 18.0 Å². The molecule has 3 aromatic carbocycles. The van der Waals surface area contributed by atoms with E-state index in [1.54, 1.807) is 25.0 Å². The number of carbonyl (C=O) groups is 2. The maximum atomic E-state index is 13.4. The third-order valence-electron chi connectivity index (χ3n) is 5.82.